The van der Waals surface area contributed by atoms with Gasteiger partial charge in [0, 0.05) is 18.9 Å². The van der Waals surface area contributed by atoms with Crippen molar-refractivity contribution in [1.29, 1.82) is 0 Å². The van der Waals surface area contributed by atoms with Crippen molar-refractivity contribution in [3.8, 4) is 0 Å². The van der Waals surface area contributed by atoms with Crippen LogP contribution in [0.4, 0.5) is 5.95 Å². The summed E-state index contributed by atoms with van der Waals surface area (Å²) in [4.78, 5) is 37.2. The van der Waals surface area contributed by atoms with Crippen LogP contribution in [0.15, 0.2) is 12.5 Å². The van der Waals surface area contributed by atoms with E-state index < -0.39 is 12.0 Å². The van der Waals surface area contributed by atoms with Gasteiger partial charge in [-0.05, 0) is 18.8 Å². The van der Waals surface area contributed by atoms with Gasteiger partial charge in [-0.1, -0.05) is 65.7 Å². The van der Waals surface area contributed by atoms with E-state index in [1.54, 1.807) is 12.5 Å². The number of nitrogens with two attached hydrogens (primary N) is 2. The Bertz CT molecular complexity index is 934. The zero-order valence-corrected chi connectivity index (χ0v) is 22.2. The molecular formula is C26H44N6O4. The highest BCUT2D eigenvalue weighted by molar-refractivity contribution is 5.75. The van der Waals surface area contributed by atoms with Crippen LogP contribution in [0.25, 0.3) is 11.2 Å². The Labute approximate surface area is 214 Å². The summed E-state index contributed by atoms with van der Waals surface area (Å²) in [6, 6.07) is -0.648. The predicted molar refractivity (Wildman–Crippen MR) is 140 cm³/mol. The van der Waals surface area contributed by atoms with Crippen LogP contribution in [0.1, 0.15) is 85.0 Å². The first kappa shape index (κ1) is 29.5. The summed E-state index contributed by atoms with van der Waals surface area (Å²) in [6.45, 7) is 6.99. The molecule has 0 amide bonds. The van der Waals surface area contributed by atoms with Crippen LogP contribution in [0.3, 0.4) is 0 Å². The molecule has 0 saturated heterocycles. The Morgan fingerprint density at radius 1 is 1.06 bits per heavy atom. The fourth-order valence-corrected chi connectivity index (χ4v) is 3.93. The molecule has 36 heavy (non-hydrogen) atoms. The molecule has 0 saturated carbocycles. The standard InChI is InChI=1S/C26H44N6O4/c1-4-6-7-8-9-10-11-12-22(33)36-17-20(13-14-35-25(34)23(27)19(3)5-2)16-32-18-30-21-15-29-26(28)31-24(21)32/h15,18-20,23H,4-14,16-17,27H2,1-3H3,(H2,28,29,31)/t19-,20?,23-/m0/s1. The zero-order chi connectivity index (χ0) is 26.3. The minimum absolute atomic E-state index is 0.0448. The van der Waals surface area contributed by atoms with Crippen LogP contribution in [-0.2, 0) is 25.6 Å². The van der Waals surface area contributed by atoms with Crippen molar-refractivity contribution >= 4 is 29.1 Å². The lowest BCUT2D eigenvalue weighted by Gasteiger charge is -2.20. The highest BCUT2D eigenvalue weighted by Gasteiger charge is 2.22. The molecule has 10 nitrogen and oxygen atoms in total. The molecule has 4 N–H and O–H groups in total. The van der Waals surface area contributed by atoms with Crippen LogP contribution in [0, 0.1) is 11.8 Å². The molecule has 202 valence electrons. The Morgan fingerprint density at radius 2 is 1.78 bits per heavy atom. The molecule has 0 aliphatic carbocycles. The summed E-state index contributed by atoms with van der Waals surface area (Å²) in [5.41, 5.74) is 13.0. The van der Waals surface area contributed by atoms with Gasteiger partial charge in [0.2, 0.25) is 5.95 Å². The number of nitrogen functional groups attached to an aromatic ring is 1. The number of anilines is 1. The third-order valence-electron chi connectivity index (χ3n) is 6.60. The number of rotatable bonds is 18. The number of carbonyl (C=O) groups is 2. The van der Waals surface area contributed by atoms with Crippen LogP contribution in [0.5, 0.6) is 0 Å². The molecule has 0 aliphatic heterocycles. The molecule has 0 fully saturated rings. The van der Waals surface area contributed by atoms with Crippen molar-refractivity contribution in [3.05, 3.63) is 12.5 Å². The van der Waals surface area contributed by atoms with E-state index in [-0.39, 0.29) is 37.0 Å². The van der Waals surface area contributed by atoms with E-state index in [1.165, 1.54) is 25.7 Å². The Hall–Kier alpha value is -2.75. The third-order valence-corrected chi connectivity index (χ3v) is 6.60. The van der Waals surface area contributed by atoms with E-state index in [1.807, 2.05) is 18.4 Å². The van der Waals surface area contributed by atoms with E-state index in [2.05, 4.69) is 21.9 Å². The maximum atomic E-state index is 12.3. The minimum atomic E-state index is -0.648. The lowest BCUT2D eigenvalue weighted by molar-refractivity contribution is -0.149. The minimum Gasteiger partial charge on any atom is -0.465 e. The van der Waals surface area contributed by atoms with Crippen LogP contribution < -0.4 is 11.5 Å². The number of hydrogen-bond acceptors (Lipinski definition) is 9. The molecule has 3 atom stereocenters. The summed E-state index contributed by atoms with van der Waals surface area (Å²) >= 11 is 0. The van der Waals surface area contributed by atoms with Gasteiger partial charge in [0.15, 0.2) is 5.65 Å². The van der Waals surface area contributed by atoms with E-state index in [9.17, 15) is 9.59 Å². The van der Waals surface area contributed by atoms with Gasteiger partial charge in [-0.25, -0.2) is 9.97 Å². The van der Waals surface area contributed by atoms with E-state index in [0.29, 0.717) is 30.6 Å². The number of unbranched alkanes of at least 4 members (excludes halogenated alkanes) is 6. The van der Waals surface area contributed by atoms with Crippen LogP contribution in [-0.4, -0.2) is 50.7 Å². The van der Waals surface area contributed by atoms with Crippen molar-refractivity contribution in [2.75, 3.05) is 18.9 Å². The summed E-state index contributed by atoms with van der Waals surface area (Å²) < 4.78 is 12.9. The average molecular weight is 505 g/mol. The van der Waals surface area contributed by atoms with Crippen LogP contribution in [0.2, 0.25) is 0 Å². The molecule has 0 aliphatic rings. The Balaban J connectivity index is 1.89. The van der Waals surface area contributed by atoms with Gasteiger partial charge in [-0.15, -0.1) is 0 Å². The quantitative estimate of drug-likeness (QED) is 0.227. The Kier molecular flexibility index (Phi) is 13.2. The summed E-state index contributed by atoms with van der Waals surface area (Å²) in [7, 11) is 0. The average Bonchev–Trinajstić information content (AvgIpc) is 3.26. The monoisotopic (exact) mass is 504 g/mol. The topological polar surface area (TPSA) is 148 Å². The first-order chi connectivity index (χ1) is 17.3. The van der Waals surface area contributed by atoms with Gasteiger partial charge in [0.25, 0.3) is 0 Å². The Morgan fingerprint density at radius 3 is 2.50 bits per heavy atom. The number of imidazole rings is 1. The second-order valence-corrected chi connectivity index (χ2v) is 9.62. The summed E-state index contributed by atoms with van der Waals surface area (Å²) in [5.74, 6) is -0.513. The van der Waals surface area contributed by atoms with Gasteiger partial charge in [0.1, 0.15) is 11.6 Å². The first-order valence-electron chi connectivity index (χ1n) is 13.4. The molecule has 1 unspecified atom stereocenters. The fourth-order valence-electron chi connectivity index (χ4n) is 3.93. The molecular weight excluding hydrogens is 460 g/mol. The maximum absolute atomic E-state index is 12.3. The van der Waals surface area contributed by atoms with Crippen molar-refractivity contribution < 1.29 is 19.1 Å². The number of aromatic nitrogens is 4. The molecule has 0 spiro atoms. The number of esters is 2. The van der Waals surface area contributed by atoms with Gasteiger partial charge in [-0.2, -0.15) is 4.98 Å². The van der Waals surface area contributed by atoms with Gasteiger partial charge in [0.05, 0.1) is 25.7 Å². The molecule has 2 heterocycles. The second-order valence-electron chi connectivity index (χ2n) is 9.62. The van der Waals surface area contributed by atoms with Gasteiger partial charge >= 0.3 is 11.9 Å². The molecule has 0 bridgehead atoms. The lowest BCUT2D eigenvalue weighted by atomic mass is 10.0. The van der Waals surface area contributed by atoms with E-state index >= 15 is 0 Å². The highest BCUT2D eigenvalue weighted by atomic mass is 16.5. The van der Waals surface area contributed by atoms with Crippen molar-refractivity contribution in [1.82, 2.24) is 19.5 Å². The van der Waals surface area contributed by atoms with Crippen molar-refractivity contribution in [2.45, 2.75) is 97.6 Å². The molecule has 0 aromatic carbocycles. The van der Waals surface area contributed by atoms with E-state index in [4.69, 9.17) is 20.9 Å². The summed E-state index contributed by atoms with van der Waals surface area (Å²) in [6.07, 6.45) is 13.0. The third kappa shape index (κ3) is 10.1. The van der Waals surface area contributed by atoms with Crippen LogP contribution >= 0.6 is 0 Å². The number of ether oxygens (including phenoxy) is 2. The number of fused-ring (bicyclic) bond motifs is 1. The molecule has 10 heteroatoms. The number of hydrogen-bond donors (Lipinski definition) is 2. The molecule has 2 aromatic rings. The maximum Gasteiger partial charge on any atom is 0.323 e. The van der Waals surface area contributed by atoms with Crippen molar-refractivity contribution in [3.63, 3.8) is 0 Å². The first-order valence-corrected chi connectivity index (χ1v) is 13.4. The molecule has 2 rings (SSSR count). The second kappa shape index (κ2) is 16.1. The van der Waals surface area contributed by atoms with E-state index in [0.717, 1.165) is 25.7 Å². The van der Waals surface area contributed by atoms with Gasteiger partial charge < -0.3 is 25.5 Å². The summed E-state index contributed by atoms with van der Waals surface area (Å²) in [5, 5.41) is 0. The zero-order valence-electron chi connectivity index (χ0n) is 22.2. The predicted octanol–water partition coefficient (Wildman–Crippen LogP) is 4.02. The normalized spacial score (nSPS) is 13.9. The highest BCUT2D eigenvalue weighted by Crippen LogP contribution is 2.16. The van der Waals surface area contributed by atoms with Crippen molar-refractivity contribution in [2.24, 2.45) is 17.6 Å². The van der Waals surface area contributed by atoms with Gasteiger partial charge in [-0.3, -0.25) is 9.59 Å². The smallest absolute Gasteiger partial charge is 0.323 e. The molecule has 0 radical (unpaired) electrons. The number of nitrogens with zero attached hydrogens (tertiary/aromatic N) is 4. The number of carbonyl (C=O) groups excluding carboxylic acids is 2. The largest absolute Gasteiger partial charge is 0.465 e. The SMILES string of the molecule is CCCCCCCCCC(=O)OCC(CCOC(=O)[C@@H](N)[C@@H](C)CC)Cn1cnc2cnc(N)nc21. The lowest BCUT2D eigenvalue weighted by Crippen LogP contribution is -2.38. The molecule has 2 aromatic heterocycles. The fraction of sp³-hybridized carbons (Fsp3) is 0.731.